The maximum atomic E-state index is 12.9. The van der Waals surface area contributed by atoms with E-state index in [0.717, 1.165) is 89.5 Å². The predicted octanol–water partition coefficient (Wildman–Crippen LogP) is 14.4. The topological polar surface area (TPSA) is 168 Å². The van der Waals surface area contributed by atoms with E-state index in [1.165, 1.54) is 56.9 Å². The van der Waals surface area contributed by atoms with Crippen LogP contribution in [-0.4, -0.2) is 66.8 Å². The van der Waals surface area contributed by atoms with Crippen molar-refractivity contribution in [2.24, 2.45) is 0 Å². The highest BCUT2D eigenvalue weighted by Gasteiger charge is 2.25. The highest BCUT2D eigenvalue weighted by molar-refractivity contribution is 7.53. The lowest BCUT2D eigenvalue weighted by Gasteiger charge is -2.15. The van der Waals surface area contributed by atoms with Crippen LogP contribution in [0.5, 0.6) is 0 Å². The van der Waals surface area contributed by atoms with Gasteiger partial charge in [-0.3, -0.25) is 18.3 Å². The molecule has 0 amide bonds. The summed E-state index contributed by atoms with van der Waals surface area (Å²) in [5.74, 6) is 0. The van der Waals surface area contributed by atoms with Crippen molar-refractivity contribution in [1.29, 1.82) is 0 Å². The fourth-order valence-corrected chi connectivity index (χ4v) is 11.9. The first kappa shape index (κ1) is 52.8. The second-order valence-corrected chi connectivity index (χ2v) is 25.2. The SMILES string of the molecule is COP(=O)(Cc1ccc(-c2cc(-c3ccc(-c4cc(-c5ccc(CP(=O)(OC)OC)cc5)nc(-c5ccc(CP(=O)(OC)OC)cc5)c4)cc3)cc(-c3ccc(CP(=O)(OC)OC)cc3)n2)cc1)OC. The maximum Gasteiger partial charge on any atom is 0.334 e. The van der Waals surface area contributed by atoms with Crippen molar-refractivity contribution < 1.29 is 54.5 Å². The van der Waals surface area contributed by atoms with Gasteiger partial charge in [0.1, 0.15) is 0 Å². The summed E-state index contributed by atoms with van der Waals surface area (Å²) >= 11 is 0. The van der Waals surface area contributed by atoms with Crippen molar-refractivity contribution in [2.45, 2.75) is 24.6 Å². The van der Waals surface area contributed by atoms with E-state index < -0.39 is 30.4 Å². The van der Waals surface area contributed by atoms with Crippen molar-refractivity contribution in [3.63, 3.8) is 0 Å². The number of nitrogens with zero attached hydrogens (tertiary/aromatic N) is 2. The van der Waals surface area contributed by atoms with Gasteiger partial charge in [0.05, 0.1) is 47.4 Å². The van der Waals surface area contributed by atoms with Gasteiger partial charge < -0.3 is 36.2 Å². The first-order chi connectivity index (χ1) is 33.6. The average molecular weight is 1020 g/mol. The molecule has 0 atom stereocenters. The third kappa shape index (κ3) is 12.9. The molecule has 0 aliphatic carbocycles. The molecule has 0 bridgehead atoms. The van der Waals surface area contributed by atoms with E-state index in [-0.39, 0.29) is 24.6 Å². The summed E-state index contributed by atoms with van der Waals surface area (Å²) in [6.45, 7) is 0. The largest absolute Gasteiger partial charge is 0.334 e. The third-order valence-electron chi connectivity index (χ3n) is 11.9. The van der Waals surface area contributed by atoms with Gasteiger partial charge in [0.2, 0.25) is 0 Å². The van der Waals surface area contributed by atoms with Crippen LogP contribution in [0, 0.1) is 0 Å². The van der Waals surface area contributed by atoms with Crippen LogP contribution in [0.3, 0.4) is 0 Å². The molecule has 0 saturated carbocycles. The second kappa shape index (κ2) is 23.0. The minimum atomic E-state index is -3.28. The summed E-state index contributed by atoms with van der Waals surface area (Å²) < 4.78 is 93.0. The molecule has 0 radical (unpaired) electrons. The molecule has 18 heteroatoms. The van der Waals surface area contributed by atoms with Crippen LogP contribution < -0.4 is 0 Å². The van der Waals surface area contributed by atoms with Gasteiger partial charge in [-0.1, -0.05) is 121 Å². The minimum absolute atomic E-state index is 0.123. The molecule has 0 N–H and O–H groups in total. The lowest BCUT2D eigenvalue weighted by atomic mass is 9.96. The highest BCUT2D eigenvalue weighted by Crippen LogP contribution is 2.52. The second-order valence-electron chi connectivity index (χ2n) is 16.2. The molecule has 7 aromatic rings. The van der Waals surface area contributed by atoms with E-state index in [9.17, 15) is 18.3 Å². The summed E-state index contributed by atoms with van der Waals surface area (Å²) in [6, 6.07) is 47.1. The molecule has 0 aliphatic heterocycles. The van der Waals surface area contributed by atoms with Crippen molar-refractivity contribution in [3.8, 4) is 67.3 Å². The molecule has 0 aliphatic rings. The van der Waals surface area contributed by atoms with Gasteiger partial charge in [-0.05, 0) is 68.8 Å². The van der Waals surface area contributed by atoms with Crippen LogP contribution in [0.25, 0.3) is 67.3 Å². The molecule has 0 spiro atoms. The number of rotatable bonds is 22. The van der Waals surface area contributed by atoms with Gasteiger partial charge in [0.25, 0.3) is 0 Å². The molecule has 5 aromatic carbocycles. The number of pyridine rings is 2. The molecule has 2 heterocycles. The van der Waals surface area contributed by atoms with Crippen molar-refractivity contribution >= 4 is 30.4 Å². The predicted molar refractivity (Wildman–Crippen MR) is 276 cm³/mol. The Morgan fingerprint density at radius 1 is 0.271 bits per heavy atom. The Kier molecular flexibility index (Phi) is 17.4. The van der Waals surface area contributed by atoms with Crippen molar-refractivity contribution in [1.82, 2.24) is 9.97 Å². The molecular formula is C52H56N2O12P4. The standard InChI is InChI=1S/C52H56N2O12P4/c1-59-67(55,60-2)33-37-9-17-43(18-10-37)49-29-47(30-50(53-49)44-19-11-38(12-20-44)34-68(56,61-3)62-4)41-25-27-42(28-26-41)48-31-51(45-21-13-39(14-22-45)35-69(57,63-5)64-6)54-52(32-48)46-23-15-40(16-24-46)36-70(58,65-7)66-8/h9-32H,33-36H2,1-8H3. The molecule has 0 saturated heterocycles. The zero-order valence-electron chi connectivity index (χ0n) is 40.3. The molecule has 7 rings (SSSR count). The first-order valence-corrected chi connectivity index (χ1v) is 28.9. The maximum absolute atomic E-state index is 12.9. The van der Waals surface area contributed by atoms with Crippen LogP contribution in [0.2, 0.25) is 0 Å². The molecule has 0 unspecified atom stereocenters. The van der Waals surface area contributed by atoms with Gasteiger partial charge in [-0.15, -0.1) is 0 Å². The van der Waals surface area contributed by atoms with Crippen molar-refractivity contribution in [2.75, 3.05) is 56.9 Å². The van der Waals surface area contributed by atoms with E-state index in [1.807, 2.05) is 121 Å². The molecule has 2 aromatic heterocycles. The Balaban J connectivity index is 1.27. The molecule has 14 nitrogen and oxygen atoms in total. The Morgan fingerprint density at radius 3 is 0.614 bits per heavy atom. The van der Waals surface area contributed by atoms with Gasteiger partial charge in [0, 0.05) is 79.1 Å². The first-order valence-electron chi connectivity index (χ1n) is 21.9. The molecule has 0 fully saturated rings. The number of aromatic nitrogens is 2. The van der Waals surface area contributed by atoms with E-state index in [4.69, 9.17) is 46.2 Å². The zero-order valence-corrected chi connectivity index (χ0v) is 43.8. The van der Waals surface area contributed by atoms with Gasteiger partial charge >= 0.3 is 30.4 Å². The minimum Gasteiger partial charge on any atom is -0.312 e. The lowest BCUT2D eigenvalue weighted by Crippen LogP contribution is -1.96. The molecule has 70 heavy (non-hydrogen) atoms. The highest BCUT2D eigenvalue weighted by atomic mass is 31.2. The van der Waals surface area contributed by atoms with E-state index >= 15 is 0 Å². The fraction of sp³-hybridized carbons (Fsp3) is 0.231. The van der Waals surface area contributed by atoms with Crippen LogP contribution in [0.1, 0.15) is 22.3 Å². The number of hydrogen-bond acceptors (Lipinski definition) is 14. The quantitative estimate of drug-likeness (QED) is 0.0588. The van der Waals surface area contributed by atoms with Gasteiger partial charge in [-0.2, -0.15) is 0 Å². The normalized spacial score (nSPS) is 12.3. The van der Waals surface area contributed by atoms with Gasteiger partial charge in [0.15, 0.2) is 0 Å². The van der Waals surface area contributed by atoms with Crippen LogP contribution in [0.15, 0.2) is 146 Å². The third-order valence-corrected chi connectivity index (χ3v) is 19.4. The molecule has 366 valence electrons. The average Bonchev–Trinajstić information content (AvgIpc) is 3.41. The van der Waals surface area contributed by atoms with Crippen LogP contribution in [0.4, 0.5) is 0 Å². The summed E-state index contributed by atoms with van der Waals surface area (Å²) in [7, 11) is -2.12. The number of benzene rings is 5. The van der Waals surface area contributed by atoms with Crippen LogP contribution in [-0.2, 0) is 79.1 Å². The molecular weight excluding hydrogens is 968 g/mol. The smallest absolute Gasteiger partial charge is 0.312 e. The monoisotopic (exact) mass is 1020 g/mol. The Morgan fingerprint density at radius 2 is 0.443 bits per heavy atom. The summed E-state index contributed by atoms with van der Waals surface area (Å²) in [6.07, 6.45) is 0.490. The Bertz CT molecular complexity index is 2680. The van der Waals surface area contributed by atoms with E-state index in [1.54, 1.807) is 0 Å². The Labute approximate surface area is 409 Å². The number of hydrogen-bond donors (Lipinski definition) is 0. The fourth-order valence-electron chi connectivity index (χ4n) is 7.67. The zero-order chi connectivity index (χ0) is 50.1. The Hall–Kier alpha value is -5.00. The summed E-state index contributed by atoms with van der Waals surface area (Å²) in [5, 5.41) is 0. The van der Waals surface area contributed by atoms with Gasteiger partial charge in [-0.25, -0.2) is 9.97 Å². The summed E-state index contributed by atoms with van der Waals surface area (Å²) in [5.41, 5.74) is 13.2. The lowest BCUT2D eigenvalue weighted by molar-refractivity contribution is 0.274. The van der Waals surface area contributed by atoms with Crippen molar-refractivity contribution in [3.05, 3.63) is 168 Å². The summed E-state index contributed by atoms with van der Waals surface area (Å²) in [4.78, 5) is 10.2. The van der Waals surface area contributed by atoms with E-state index in [0.29, 0.717) is 0 Å². The van der Waals surface area contributed by atoms with Crippen LogP contribution >= 0.6 is 30.4 Å². The van der Waals surface area contributed by atoms with E-state index in [2.05, 4.69) is 24.3 Å².